The Morgan fingerprint density at radius 1 is 0.389 bits per heavy atom. The molecule has 1 heterocycles. The molecule has 8 aromatic rings. The molecular formula is C47H17BBrF20NO2. The van der Waals surface area contributed by atoms with Gasteiger partial charge in [0.2, 0.25) is 5.52 Å². The van der Waals surface area contributed by atoms with E-state index in [1.165, 1.54) is 0 Å². The molecule has 0 spiro atoms. The molecule has 0 unspecified atom stereocenters. The smallest absolute Gasteiger partial charge is 0.409 e. The van der Waals surface area contributed by atoms with E-state index in [2.05, 4.69) is 28.1 Å². The Balaban J connectivity index is 0.000000238. The second-order valence-electron chi connectivity index (χ2n) is 15.0. The number of esters is 1. The molecule has 0 bridgehead atoms. The van der Waals surface area contributed by atoms with E-state index in [9.17, 15) is 57.5 Å². The average molecular weight is 1100 g/mol. The Hall–Kier alpha value is -7.44. The van der Waals surface area contributed by atoms with Crippen molar-refractivity contribution < 1.29 is 102 Å². The topological polar surface area (TPSA) is 30.2 Å². The average Bonchev–Trinajstić information content (AvgIpc) is 3.37. The molecule has 372 valence electrons. The summed E-state index contributed by atoms with van der Waals surface area (Å²) in [6.07, 6.45) is -7.22. The maximum atomic E-state index is 15.4. The molecule has 7 aromatic carbocycles. The van der Waals surface area contributed by atoms with Crippen LogP contribution >= 0.6 is 15.9 Å². The van der Waals surface area contributed by atoms with Gasteiger partial charge in [-0.05, 0) is 36.4 Å². The van der Waals surface area contributed by atoms with Crippen molar-refractivity contribution >= 4 is 60.8 Å². The van der Waals surface area contributed by atoms with Crippen LogP contribution in [0.25, 0.3) is 10.9 Å². The van der Waals surface area contributed by atoms with Crippen LogP contribution < -0.4 is 31.2 Å². The zero-order valence-corrected chi connectivity index (χ0v) is 36.2. The molecule has 72 heavy (non-hydrogen) atoms. The van der Waals surface area contributed by atoms with Crippen LogP contribution in [-0.4, -0.2) is 12.1 Å². The molecule has 0 aliphatic carbocycles. The summed E-state index contributed by atoms with van der Waals surface area (Å²) >= 11 is 3.39. The lowest BCUT2D eigenvalue weighted by Gasteiger charge is -2.44. The van der Waals surface area contributed by atoms with Gasteiger partial charge in [-0.25, -0.2) is 92.6 Å². The highest BCUT2D eigenvalue weighted by Gasteiger charge is 2.52. The molecule has 0 fully saturated rings. The summed E-state index contributed by atoms with van der Waals surface area (Å²) in [5.74, 6) is -71.3. The van der Waals surface area contributed by atoms with Gasteiger partial charge in [0.1, 0.15) is 58.4 Å². The fourth-order valence-corrected chi connectivity index (χ4v) is 8.18. The Kier molecular flexibility index (Phi) is 14.5. The highest BCUT2D eigenvalue weighted by molar-refractivity contribution is 9.10. The van der Waals surface area contributed by atoms with E-state index in [-0.39, 0.29) is 5.97 Å². The minimum atomic E-state index is -7.22. The molecule has 0 aliphatic heterocycles. The number of aromatic nitrogens is 1. The van der Waals surface area contributed by atoms with Gasteiger partial charge in [-0.3, -0.25) is 0 Å². The number of para-hydroxylation sites is 1. The molecule has 0 N–H and O–H groups in total. The fourth-order valence-electron chi connectivity index (χ4n) is 7.91. The molecule has 0 radical (unpaired) electrons. The van der Waals surface area contributed by atoms with Crippen LogP contribution in [0.3, 0.4) is 0 Å². The second kappa shape index (κ2) is 20.0. The van der Waals surface area contributed by atoms with Gasteiger partial charge in [-0.1, -0.05) is 58.4 Å². The van der Waals surface area contributed by atoms with Crippen molar-refractivity contribution in [1.82, 2.24) is 0 Å². The number of carbonyl (C=O) groups is 1. The quantitative estimate of drug-likeness (QED) is 0.0289. The van der Waals surface area contributed by atoms with Crippen molar-refractivity contribution in [2.24, 2.45) is 0 Å². The summed E-state index contributed by atoms with van der Waals surface area (Å²) < 4.78 is 302. The van der Waals surface area contributed by atoms with E-state index in [4.69, 9.17) is 4.74 Å². The van der Waals surface area contributed by atoms with Crippen LogP contribution in [0.1, 0.15) is 16.1 Å². The van der Waals surface area contributed by atoms with Crippen molar-refractivity contribution in [3.05, 3.63) is 223 Å². The monoisotopic (exact) mass is 1100 g/mol. The van der Waals surface area contributed by atoms with Crippen LogP contribution in [-0.2, 0) is 6.54 Å². The van der Waals surface area contributed by atoms with Crippen molar-refractivity contribution in [3.8, 4) is 5.75 Å². The molecule has 25 heteroatoms. The SMILES string of the molecule is Fc1c(F)c(F)c([B-](c2c(F)c(F)c(F)c(F)c2F)(c2c(F)c(F)c(F)c(F)c2F)c2c(F)c(F)c(F)c(F)c2F)c(F)c1F.O=C(Oc1ccc(Br)cc1)c1ccc2ccccc2[n+]1Cc1ccccc1. The number of pyridine rings is 1. The molecule has 0 saturated carbocycles. The summed E-state index contributed by atoms with van der Waals surface area (Å²) in [7, 11) is 0. The van der Waals surface area contributed by atoms with Crippen molar-refractivity contribution in [2.45, 2.75) is 6.54 Å². The van der Waals surface area contributed by atoms with Gasteiger partial charge >= 0.3 is 5.97 Å². The van der Waals surface area contributed by atoms with Gasteiger partial charge in [-0.15, -0.1) is 21.9 Å². The van der Waals surface area contributed by atoms with Gasteiger partial charge in [0.25, 0.3) is 5.69 Å². The predicted octanol–water partition coefficient (Wildman–Crippen LogP) is 11.0. The van der Waals surface area contributed by atoms with E-state index >= 15 is 35.1 Å². The van der Waals surface area contributed by atoms with Crippen LogP contribution in [0.2, 0.25) is 0 Å². The second-order valence-corrected chi connectivity index (χ2v) is 15.9. The first kappa shape index (κ1) is 52.4. The predicted molar refractivity (Wildman–Crippen MR) is 218 cm³/mol. The number of hydrogen-bond acceptors (Lipinski definition) is 2. The van der Waals surface area contributed by atoms with Crippen LogP contribution in [0.4, 0.5) is 87.8 Å². The largest absolute Gasteiger partial charge is 0.419 e. The Labute approximate surface area is 397 Å². The normalized spacial score (nSPS) is 11.5. The number of fused-ring (bicyclic) bond motifs is 1. The van der Waals surface area contributed by atoms with Crippen LogP contribution in [0, 0.1) is 116 Å². The summed E-state index contributed by atoms with van der Waals surface area (Å²) in [6.45, 7) is 0.590. The van der Waals surface area contributed by atoms with E-state index in [1.807, 2.05) is 71.3 Å². The number of hydrogen-bond donors (Lipinski definition) is 0. The third-order valence-corrected chi connectivity index (χ3v) is 11.6. The minimum absolute atomic E-state index is 0.376. The minimum Gasteiger partial charge on any atom is -0.419 e. The van der Waals surface area contributed by atoms with Gasteiger partial charge in [0, 0.05) is 27.6 Å². The van der Waals surface area contributed by atoms with E-state index in [0.717, 1.165) is 20.9 Å². The lowest BCUT2D eigenvalue weighted by molar-refractivity contribution is -0.664. The van der Waals surface area contributed by atoms with E-state index in [0.29, 0.717) is 18.0 Å². The van der Waals surface area contributed by atoms with E-state index in [1.54, 1.807) is 12.1 Å². The maximum absolute atomic E-state index is 15.4. The highest BCUT2D eigenvalue weighted by atomic mass is 79.9. The highest BCUT2D eigenvalue weighted by Crippen LogP contribution is 2.31. The molecule has 0 atom stereocenters. The lowest BCUT2D eigenvalue weighted by Crippen LogP contribution is -2.81. The fraction of sp³-hybridized carbons (Fsp3) is 0.0213. The summed E-state index contributed by atoms with van der Waals surface area (Å²) in [5.41, 5.74) is -11.7. The third kappa shape index (κ3) is 8.55. The molecule has 8 rings (SSSR count). The number of halogens is 21. The summed E-state index contributed by atoms with van der Waals surface area (Å²) in [4.78, 5) is 12.9. The van der Waals surface area contributed by atoms with Crippen molar-refractivity contribution in [2.75, 3.05) is 0 Å². The zero-order valence-electron chi connectivity index (χ0n) is 34.6. The molecule has 1 aromatic heterocycles. The summed E-state index contributed by atoms with van der Waals surface area (Å²) in [5, 5.41) is 1.08. The first-order valence-electron chi connectivity index (χ1n) is 19.6. The molecule has 3 nitrogen and oxygen atoms in total. The molecule has 0 aliphatic rings. The Morgan fingerprint density at radius 2 is 0.708 bits per heavy atom. The van der Waals surface area contributed by atoms with Gasteiger partial charge in [0.05, 0.1) is 0 Å². The Bertz CT molecular complexity index is 3130. The number of benzene rings is 7. The molecule has 0 amide bonds. The van der Waals surface area contributed by atoms with E-state index < -0.39 is 144 Å². The summed E-state index contributed by atoms with van der Waals surface area (Å²) in [6, 6.07) is 29.1. The lowest BCUT2D eigenvalue weighted by atomic mass is 9.12. The Morgan fingerprint density at radius 3 is 1.07 bits per heavy atom. The molecule has 0 saturated heterocycles. The van der Waals surface area contributed by atoms with Crippen LogP contribution in [0.5, 0.6) is 5.75 Å². The molecular weight excluding hydrogens is 1080 g/mol. The van der Waals surface area contributed by atoms with Gasteiger partial charge in [-0.2, -0.15) is 4.57 Å². The van der Waals surface area contributed by atoms with Crippen molar-refractivity contribution in [3.63, 3.8) is 0 Å². The number of ether oxygens (including phenoxy) is 1. The van der Waals surface area contributed by atoms with Crippen molar-refractivity contribution in [1.29, 1.82) is 0 Å². The zero-order chi connectivity index (χ0) is 53.0. The van der Waals surface area contributed by atoms with Gasteiger partial charge in [0.15, 0.2) is 76.4 Å². The number of carbonyl (C=O) groups excluding carboxylic acids is 1. The third-order valence-electron chi connectivity index (χ3n) is 11.1. The number of rotatable bonds is 8. The first-order valence-corrected chi connectivity index (χ1v) is 20.4. The number of nitrogens with zero attached hydrogens (tertiary/aromatic N) is 1. The van der Waals surface area contributed by atoms with Crippen LogP contribution in [0.15, 0.2) is 95.5 Å². The maximum Gasteiger partial charge on any atom is 0.409 e. The van der Waals surface area contributed by atoms with Gasteiger partial charge < -0.3 is 4.74 Å². The standard InChI is InChI=1S/C24BF20.C23H17BrNO2/c26-5-1(6(27)14(35)21(42)13(5)34)25(2-7(28)15(36)22(43)16(37)8(2)29,3-9(30)17(38)23(44)18(39)10(3)31)4-11(32)19(40)24(45)20(41)12(4)33;24-19-11-13-20(14-12-19)27-23(26)22-15-10-18-8-4-5-9-21(18)25(22)16-17-6-2-1-3-7-17/h;1-15H,16H2/q-1;+1. The first-order chi connectivity index (χ1) is 33.9.